The standard InChI is InChI=1S/C13H13FN2S/c14-12-2-1-3-13(15-12)16(11-4-5-11)8-10-6-7-17-9-10/h1-3,6-7,9,11H,4-5,8H2. The minimum atomic E-state index is -0.404. The number of pyridine rings is 1. The predicted octanol–water partition coefficient (Wildman–Crippen LogP) is 3.45. The van der Waals surface area contributed by atoms with E-state index in [1.54, 1.807) is 17.4 Å². The molecule has 17 heavy (non-hydrogen) atoms. The first kappa shape index (κ1) is 10.7. The Balaban J connectivity index is 1.85. The van der Waals surface area contributed by atoms with E-state index in [9.17, 15) is 4.39 Å². The van der Waals surface area contributed by atoms with Crippen LogP contribution in [0.2, 0.25) is 0 Å². The SMILES string of the molecule is Fc1cccc(N(Cc2ccsc2)C2CC2)n1. The molecule has 1 aliphatic rings. The van der Waals surface area contributed by atoms with Crippen molar-refractivity contribution in [2.75, 3.05) is 4.90 Å². The Morgan fingerprint density at radius 3 is 2.88 bits per heavy atom. The third-order valence-corrected chi connectivity index (χ3v) is 3.65. The summed E-state index contributed by atoms with van der Waals surface area (Å²) < 4.78 is 13.2. The highest BCUT2D eigenvalue weighted by Crippen LogP contribution is 2.32. The first-order valence-electron chi connectivity index (χ1n) is 5.73. The summed E-state index contributed by atoms with van der Waals surface area (Å²) in [4.78, 5) is 6.18. The Kier molecular flexibility index (Phi) is 2.81. The zero-order valence-electron chi connectivity index (χ0n) is 9.34. The first-order chi connectivity index (χ1) is 8.33. The molecule has 88 valence electrons. The maximum atomic E-state index is 13.2. The third kappa shape index (κ3) is 2.47. The van der Waals surface area contributed by atoms with Gasteiger partial charge in [-0.2, -0.15) is 15.7 Å². The number of aromatic nitrogens is 1. The maximum Gasteiger partial charge on any atom is 0.214 e. The van der Waals surface area contributed by atoms with Crippen LogP contribution in [0.15, 0.2) is 35.0 Å². The summed E-state index contributed by atoms with van der Waals surface area (Å²) in [6.07, 6.45) is 2.37. The molecule has 0 saturated heterocycles. The molecule has 0 spiro atoms. The van der Waals surface area contributed by atoms with Gasteiger partial charge in [0.2, 0.25) is 5.95 Å². The molecule has 2 nitrogen and oxygen atoms in total. The second-order valence-electron chi connectivity index (χ2n) is 4.31. The Morgan fingerprint density at radius 2 is 2.24 bits per heavy atom. The number of nitrogens with zero attached hydrogens (tertiary/aromatic N) is 2. The number of anilines is 1. The van der Waals surface area contributed by atoms with Gasteiger partial charge in [-0.15, -0.1) is 0 Å². The van der Waals surface area contributed by atoms with Crippen molar-refractivity contribution in [2.24, 2.45) is 0 Å². The van der Waals surface area contributed by atoms with Crippen molar-refractivity contribution in [2.45, 2.75) is 25.4 Å². The molecule has 3 rings (SSSR count). The molecule has 0 radical (unpaired) electrons. The summed E-state index contributed by atoms with van der Waals surface area (Å²) in [6.45, 7) is 0.824. The van der Waals surface area contributed by atoms with E-state index in [2.05, 4.69) is 26.7 Å². The van der Waals surface area contributed by atoms with E-state index in [1.165, 1.54) is 24.5 Å². The van der Waals surface area contributed by atoms with Gasteiger partial charge in [0.25, 0.3) is 0 Å². The van der Waals surface area contributed by atoms with Crippen molar-refractivity contribution in [3.05, 3.63) is 46.5 Å². The minimum absolute atomic E-state index is 0.404. The van der Waals surface area contributed by atoms with E-state index in [0.29, 0.717) is 6.04 Å². The number of hydrogen-bond acceptors (Lipinski definition) is 3. The second-order valence-corrected chi connectivity index (χ2v) is 5.09. The van der Waals surface area contributed by atoms with Crippen LogP contribution in [0.4, 0.5) is 10.2 Å². The highest BCUT2D eigenvalue weighted by molar-refractivity contribution is 7.07. The van der Waals surface area contributed by atoms with Crippen LogP contribution in [0.5, 0.6) is 0 Å². The largest absolute Gasteiger partial charge is 0.349 e. The molecule has 0 aliphatic heterocycles. The zero-order valence-corrected chi connectivity index (χ0v) is 10.2. The lowest BCUT2D eigenvalue weighted by atomic mass is 10.3. The molecule has 1 fully saturated rings. The Hall–Kier alpha value is -1.42. The fourth-order valence-electron chi connectivity index (χ4n) is 1.92. The van der Waals surface area contributed by atoms with E-state index in [0.717, 1.165) is 12.4 Å². The van der Waals surface area contributed by atoms with Crippen LogP contribution < -0.4 is 4.90 Å². The topological polar surface area (TPSA) is 16.1 Å². The fourth-order valence-corrected chi connectivity index (χ4v) is 2.58. The van der Waals surface area contributed by atoms with Gasteiger partial charge >= 0.3 is 0 Å². The molecule has 0 atom stereocenters. The van der Waals surface area contributed by atoms with Gasteiger partial charge in [-0.3, -0.25) is 0 Å². The summed E-state index contributed by atoms with van der Waals surface area (Å²) in [7, 11) is 0. The molecule has 0 bridgehead atoms. The van der Waals surface area contributed by atoms with Crippen molar-refractivity contribution >= 4 is 17.2 Å². The highest BCUT2D eigenvalue weighted by atomic mass is 32.1. The van der Waals surface area contributed by atoms with Gasteiger partial charge in [0.05, 0.1) is 0 Å². The van der Waals surface area contributed by atoms with Gasteiger partial charge in [0.1, 0.15) is 5.82 Å². The van der Waals surface area contributed by atoms with Crippen molar-refractivity contribution < 1.29 is 4.39 Å². The van der Waals surface area contributed by atoms with Crippen LogP contribution in [0.3, 0.4) is 0 Å². The van der Waals surface area contributed by atoms with Gasteiger partial charge < -0.3 is 4.90 Å². The molecule has 4 heteroatoms. The number of hydrogen-bond donors (Lipinski definition) is 0. The van der Waals surface area contributed by atoms with Gasteiger partial charge in [-0.1, -0.05) is 6.07 Å². The molecule has 1 aliphatic carbocycles. The average molecular weight is 248 g/mol. The zero-order chi connectivity index (χ0) is 11.7. The highest BCUT2D eigenvalue weighted by Gasteiger charge is 2.30. The number of halogens is 1. The lowest BCUT2D eigenvalue weighted by molar-refractivity contribution is 0.579. The van der Waals surface area contributed by atoms with Crippen molar-refractivity contribution in [3.63, 3.8) is 0 Å². The Labute approximate surface area is 104 Å². The summed E-state index contributed by atoms with van der Waals surface area (Å²) in [5, 5.41) is 4.20. The van der Waals surface area contributed by atoms with E-state index >= 15 is 0 Å². The van der Waals surface area contributed by atoms with Gasteiger partial charge in [0.15, 0.2) is 0 Å². The van der Waals surface area contributed by atoms with Crippen molar-refractivity contribution in [1.29, 1.82) is 0 Å². The lowest BCUT2D eigenvalue weighted by Gasteiger charge is -2.22. The molecule has 0 aromatic carbocycles. The van der Waals surface area contributed by atoms with Crippen molar-refractivity contribution in [1.82, 2.24) is 4.98 Å². The molecule has 0 unspecified atom stereocenters. The van der Waals surface area contributed by atoms with Gasteiger partial charge in [-0.05, 0) is 47.4 Å². The van der Waals surface area contributed by atoms with Crippen molar-refractivity contribution in [3.8, 4) is 0 Å². The maximum absolute atomic E-state index is 13.2. The fraction of sp³-hybridized carbons (Fsp3) is 0.308. The third-order valence-electron chi connectivity index (χ3n) is 2.92. The molecule has 0 N–H and O–H groups in total. The minimum Gasteiger partial charge on any atom is -0.349 e. The Bertz CT molecular complexity index is 494. The Morgan fingerprint density at radius 1 is 1.35 bits per heavy atom. The van der Waals surface area contributed by atoms with Crippen LogP contribution in [-0.2, 0) is 6.54 Å². The van der Waals surface area contributed by atoms with E-state index in [1.807, 2.05) is 6.07 Å². The van der Waals surface area contributed by atoms with E-state index in [4.69, 9.17) is 0 Å². The van der Waals surface area contributed by atoms with Crippen LogP contribution in [0.25, 0.3) is 0 Å². The van der Waals surface area contributed by atoms with E-state index in [-0.39, 0.29) is 0 Å². The van der Waals surface area contributed by atoms with Gasteiger partial charge in [0, 0.05) is 12.6 Å². The summed E-state index contributed by atoms with van der Waals surface area (Å²) >= 11 is 1.69. The first-order valence-corrected chi connectivity index (χ1v) is 6.67. The number of thiophene rings is 1. The summed E-state index contributed by atoms with van der Waals surface area (Å²) in [5.41, 5.74) is 1.27. The normalized spacial score (nSPS) is 14.9. The average Bonchev–Trinajstić information content (AvgIpc) is 3.03. The lowest BCUT2D eigenvalue weighted by Crippen LogP contribution is -2.25. The number of rotatable bonds is 4. The molecule has 2 heterocycles. The summed E-state index contributed by atoms with van der Waals surface area (Å²) in [5.74, 6) is 0.345. The molecule has 0 amide bonds. The smallest absolute Gasteiger partial charge is 0.214 e. The quantitative estimate of drug-likeness (QED) is 0.770. The van der Waals surface area contributed by atoms with Gasteiger partial charge in [-0.25, -0.2) is 4.98 Å². The molecular weight excluding hydrogens is 235 g/mol. The monoisotopic (exact) mass is 248 g/mol. The summed E-state index contributed by atoms with van der Waals surface area (Å²) in [6, 6.07) is 7.64. The van der Waals surface area contributed by atoms with Crippen LogP contribution in [-0.4, -0.2) is 11.0 Å². The molecule has 2 aromatic heterocycles. The van der Waals surface area contributed by atoms with Crippen LogP contribution in [0.1, 0.15) is 18.4 Å². The molecule has 2 aromatic rings. The molecule has 1 saturated carbocycles. The van der Waals surface area contributed by atoms with E-state index < -0.39 is 5.95 Å². The molecular formula is C13H13FN2S. The second kappa shape index (κ2) is 4.45. The van der Waals surface area contributed by atoms with Crippen LogP contribution >= 0.6 is 11.3 Å². The predicted molar refractivity (Wildman–Crippen MR) is 67.7 cm³/mol. The van der Waals surface area contributed by atoms with Crippen LogP contribution in [0, 0.1) is 5.95 Å².